The van der Waals surface area contributed by atoms with Gasteiger partial charge in [0, 0.05) is 31.9 Å². The van der Waals surface area contributed by atoms with Crippen LogP contribution in [-0.4, -0.2) is 58.0 Å². The van der Waals surface area contributed by atoms with E-state index in [0.29, 0.717) is 18.8 Å². The van der Waals surface area contributed by atoms with E-state index in [9.17, 15) is 14.4 Å². The lowest BCUT2D eigenvalue weighted by Crippen LogP contribution is -2.50. The summed E-state index contributed by atoms with van der Waals surface area (Å²) >= 11 is 0. The number of amides is 2. The number of aromatic nitrogens is 2. The Labute approximate surface area is 185 Å². The summed E-state index contributed by atoms with van der Waals surface area (Å²) in [7, 11) is 2.02. The van der Waals surface area contributed by atoms with Crippen LogP contribution < -0.4 is 10.9 Å². The van der Waals surface area contributed by atoms with E-state index < -0.39 is 11.5 Å². The predicted octanol–water partition coefficient (Wildman–Crippen LogP) is 1.91. The Hall–Kier alpha value is -3.72. The number of nitrogens with one attached hydrogen (secondary N) is 1. The van der Waals surface area contributed by atoms with Crippen molar-refractivity contribution in [3.8, 4) is 0 Å². The molecule has 1 saturated heterocycles. The number of piperazine rings is 1. The van der Waals surface area contributed by atoms with Crippen LogP contribution in [0.2, 0.25) is 0 Å². The van der Waals surface area contributed by atoms with E-state index in [1.807, 2.05) is 37.4 Å². The lowest BCUT2D eigenvalue weighted by atomic mass is 10.0. The third kappa shape index (κ3) is 4.62. The highest BCUT2D eigenvalue weighted by Crippen LogP contribution is 2.26. The van der Waals surface area contributed by atoms with Gasteiger partial charge < -0.3 is 24.2 Å². The highest BCUT2D eigenvalue weighted by Gasteiger charge is 2.32. The highest BCUT2D eigenvalue weighted by molar-refractivity contribution is 5.94. The van der Waals surface area contributed by atoms with Gasteiger partial charge in [0.2, 0.25) is 5.91 Å². The summed E-state index contributed by atoms with van der Waals surface area (Å²) in [6, 6.07) is 14.3. The quantitative estimate of drug-likeness (QED) is 0.657. The number of hydrogen-bond donors (Lipinski definition) is 1. The van der Waals surface area contributed by atoms with Crippen LogP contribution in [0.5, 0.6) is 0 Å². The van der Waals surface area contributed by atoms with Crippen LogP contribution in [-0.2, 0) is 11.3 Å². The monoisotopic (exact) mass is 435 g/mol. The number of hydrogen-bond acceptors (Lipinski definition) is 6. The van der Waals surface area contributed by atoms with Crippen molar-refractivity contribution in [2.24, 2.45) is 0 Å². The third-order valence-corrected chi connectivity index (χ3v) is 5.49. The second kappa shape index (κ2) is 9.19. The van der Waals surface area contributed by atoms with Gasteiger partial charge in [0.25, 0.3) is 11.5 Å². The zero-order chi connectivity index (χ0) is 22.7. The maximum atomic E-state index is 13.4. The first kappa shape index (κ1) is 21.5. The van der Waals surface area contributed by atoms with Gasteiger partial charge in [-0.1, -0.05) is 35.5 Å². The molecule has 32 heavy (non-hydrogen) atoms. The van der Waals surface area contributed by atoms with Gasteiger partial charge in [-0.2, -0.15) is 0 Å². The van der Waals surface area contributed by atoms with Gasteiger partial charge in [-0.25, -0.2) is 0 Å². The molecule has 1 aromatic carbocycles. The average molecular weight is 435 g/mol. The molecule has 2 amide bonds. The fraction of sp³-hybridized carbons (Fsp3) is 0.304. The summed E-state index contributed by atoms with van der Waals surface area (Å²) in [5, 5.41) is 6.29. The second-order valence-electron chi connectivity index (χ2n) is 7.91. The van der Waals surface area contributed by atoms with E-state index in [-0.39, 0.29) is 29.9 Å². The summed E-state index contributed by atoms with van der Waals surface area (Å²) in [4.78, 5) is 42.7. The summed E-state index contributed by atoms with van der Waals surface area (Å²) in [5.74, 6) is 0.0618. The summed E-state index contributed by atoms with van der Waals surface area (Å²) in [6.45, 7) is 3.38. The van der Waals surface area contributed by atoms with Crippen LogP contribution in [0.1, 0.15) is 27.7 Å². The standard InChI is InChI=1S/C23H25N5O4/c1-16-13-20(25-32-16)24-21(29)15-27-10-6-9-18(22(27)30)23(31)28-12-11-26(2)14-19(28)17-7-4-3-5-8-17/h3-10,13,19H,11-12,14-15H2,1-2H3,(H,24,25,29). The zero-order valence-corrected chi connectivity index (χ0v) is 18.0. The van der Waals surface area contributed by atoms with Gasteiger partial charge in [-0.05, 0) is 31.7 Å². The molecule has 3 heterocycles. The van der Waals surface area contributed by atoms with Crippen molar-refractivity contribution < 1.29 is 14.1 Å². The fourth-order valence-corrected chi connectivity index (χ4v) is 3.86. The first-order valence-corrected chi connectivity index (χ1v) is 10.4. The Morgan fingerprint density at radius 1 is 1.16 bits per heavy atom. The highest BCUT2D eigenvalue weighted by atomic mass is 16.5. The van der Waals surface area contributed by atoms with Gasteiger partial charge in [0.05, 0.1) is 6.04 Å². The van der Waals surface area contributed by atoms with Crippen molar-refractivity contribution in [1.29, 1.82) is 0 Å². The SMILES string of the molecule is Cc1cc(NC(=O)Cn2cccc(C(=O)N3CCN(C)CC3c3ccccc3)c2=O)no1. The Bertz CT molecular complexity index is 1170. The van der Waals surface area contributed by atoms with Crippen molar-refractivity contribution in [2.75, 3.05) is 32.0 Å². The number of likely N-dealkylation sites (N-methyl/N-ethyl adjacent to an activating group) is 1. The molecule has 1 unspecified atom stereocenters. The average Bonchev–Trinajstić information content (AvgIpc) is 3.19. The molecular formula is C23H25N5O4. The molecule has 0 saturated carbocycles. The number of benzene rings is 1. The predicted molar refractivity (Wildman–Crippen MR) is 118 cm³/mol. The van der Waals surface area contributed by atoms with Gasteiger partial charge in [-0.15, -0.1) is 0 Å². The lowest BCUT2D eigenvalue weighted by Gasteiger charge is -2.40. The van der Waals surface area contributed by atoms with E-state index in [1.165, 1.54) is 16.8 Å². The number of anilines is 1. The smallest absolute Gasteiger partial charge is 0.263 e. The molecule has 0 bridgehead atoms. The van der Waals surface area contributed by atoms with Crippen molar-refractivity contribution in [1.82, 2.24) is 19.5 Å². The molecule has 4 rings (SSSR count). The van der Waals surface area contributed by atoms with Crippen LogP contribution >= 0.6 is 0 Å². The van der Waals surface area contributed by atoms with Crippen LogP contribution in [0.15, 0.2) is 64.0 Å². The minimum Gasteiger partial charge on any atom is -0.360 e. The van der Waals surface area contributed by atoms with Gasteiger partial charge in [0.15, 0.2) is 5.82 Å². The first-order chi connectivity index (χ1) is 15.4. The molecule has 0 spiro atoms. The van der Waals surface area contributed by atoms with Crippen LogP contribution in [0, 0.1) is 6.92 Å². The van der Waals surface area contributed by atoms with Crippen LogP contribution in [0.25, 0.3) is 0 Å². The van der Waals surface area contributed by atoms with Gasteiger partial charge in [-0.3, -0.25) is 14.4 Å². The molecule has 1 aliphatic rings. The third-order valence-electron chi connectivity index (χ3n) is 5.49. The Balaban J connectivity index is 1.55. The van der Waals surface area contributed by atoms with Gasteiger partial charge in [0.1, 0.15) is 17.9 Å². The zero-order valence-electron chi connectivity index (χ0n) is 18.0. The van der Waals surface area contributed by atoms with Crippen LogP contribution in [0.3, 0.4) is 0 Å². The topological polar surface area (TPSA) is 101 Å². The maximum Gasteiger partial charge on any atom is 0.263 e. The molecule has 1 atom stereocenters. The normalized spacial score (nSPS) is 16.7. The van der Waals surface area contributed by atoms with Crippen LogP contribution in [0.4, 0.5) is 5.82 Å². The maximum absolute atomic E-state index is 13.4. The van der Waals surface area contributed by atoms with Gasteiger partial charge >= 0.3 is 0 Å². The van der Waals surface area contributed by atoms with E-state index in [2.05, 4.69) is 15.4 Å². The first-order valence-electron chi connectivity index (χ1n) is 10.4. The van der Waals surface area contributed by atoms with Crippen molar-refractivity contribution in [3.05, 3.63) is 82.0 Å². The number of carbonyl (C=O) groups is 2. The number of nitrogens with zero attached hydrogens (tertiary/aromatic N) is 4. The molecule has 2 aromatic heterocycles. The van der Waals surface area contributed by atoms with E-state index >= 15 is 0 Å². The molecule has 1 fully saturated rings. The summed E-state index contributed by atoms with van der Waals surface area (Å²) < 4.78 is 6.15. The number of aryl methyl sites for hydroxylation is 1. The van der Waals surface area contributed by atoms with Crippen molar-refractivity contribution in [3.63, 3.8) is 0 Å². The fourth-order valence-electron chi connectivity index (χ4n) is 3.86. The molecule has 166 valence electrons. The Kier molecular flexibility index (Phi) is 6.18. The minimum atomic E-state index is -0.505. The molecule has 9 nitrogen and oxygen atoms in total. The van der Waals surface area contributed by atoms with Crippen molar-refractivity contribution >= 4 is 17.6 Å². The molecule has 0 aliphatic carbocycles. The Morgan fingerprint density at radius 2 is 1.94 bits per heavy atom. The van der Waals surface area contributed by atoms with E-state index in [4.69, 9.17) is 4.52 Å². The number of carbonyl (C=O) groups excluding carboxylic acids is 2. The Morgan fingerprint density at radius 3 is 2.66 bits per heavy atom. The largest absolute Gasteiger partial charge is 0.360 e. The molecule has 3 aromatic rings. The summed E-state index contributed by atoms with van der Waals surface area (Å²) in [6.07, 6.45) is 1.49. The number of pyridine rings is 1. The number of rotatable bonds is 5. The summed E-state index contributed by atoms with van der Waals surface area (Å²) in [5.41, 5.74) is 0.559. The molecular weight excluding hydrogens is 410 g/mol. The van der Waals surface area contributed by atoms with E-state index in [1.54, 1.807) is 24.0 Å². The molecule has 1 N–H and O–H groups in total. The second-order valence-corrected chi connectivity index (χ2v) is 7.91. The molecule has 1 aliphatic heterocycles. The molecule has 0 radical (unpaired) electrons. The minimum absolute atomic E-state index is 0.0445. The molecule has 9 heteroatoms. The van der Waals surface area contributed by atoms with Crippen molar-refractivity contribution in [2.45, 2.75) is 19.5 Å². The lowest BCUT2D eigenvalue weighted by molar-refractivity contribution is -0.116. The van der Waals surface area contributed by atoms with E-state index in [0.717, 1.165) is 12.1 Å².